The van der Waals surface area contributed by atoms with Gasteiger partial charge in [0.1, 0.15) is 35.5 Å². The van der Waals surface area contributed by atoms with E-state index in [1.165, 1.54) is 6.92 Å². The van der Waals surface area contributed by atoms with Crippen molar-refractivity contribution in [1.29, 1.82) is 0 Å². The fourth-order valence-electron chi connectivity index (χ4n) is 3.96. The SMILES string of the molecule is C[C@@H](NC(=O)OCc1ccccc1)C(=O)N[C@@H](C[C@H]1C[C@@H]1N(C(=O)OC(C)(C)C)C(=O)OC(C)(C)C)C(=O)OC(C)(C)C. The maximum atomic E-state index is 13.1. The molecule has 4 atom stereocenters. The van der Waals surface area contributed by atoms with Crippen LogP contribution >= 0.6 is 0 Å². The number of imide groups is 1. The van der Waals surface area contributed by atoms with Crippen molar-refractivity contribution < 1.29 is 42.9 Å². The zero-order valence-electron chi connectivity index (χ0n) is 26.9. The van der Waals surface area contributed by atoms with Gasteiger partial charge in [-0.3, -0.25) is 4.79 Å². The van der Waals surface area contributed by atoms with Crippen LogP contribution in [0.2, 0.25) is 0 Å². The lowest BCUT2D eigenvalue weighted by molar-refractivity contribution is -0.159. The Morgan fingerprint density at radius 2 is 1.33 bits per heavy atom. The Bertz CT molecular complexity index is 1120. The number of esters is 1. The van der Waals surface area contributed by atoms with E-state index in [1.807, 2.05) is 18.2 Å². The molecule has 0 unspecified atom stereocenters. The van der Waals surface area contributed by atoms with E-state index in [4.69, 9.17) is 18.9 Å². The highest BCUT2D eigenvalue weighted by molar-refractivity contribution is 5.90. The van der Waals surface area contributed by atoms with E-state index in [9.17, 15) is 24.0 Å². The number of amides is 4. The van der Waals surface area contributed by atoms with Crippen molar-refractivity contribution >= 4 is 30.2 Å². The fraction of sp³-hybridized carbons (Fsp3) is 0.645. The Hall–Kier alpha value is -3.83. The molecule has 4 amide bonds. The van der Waals surface area contributed by atoms with Crippen LogP contribution in [-0.4, -0.2) is 70.0 Å². The maximum Gasteiger partial charge on any atom is 0.420 e. The van der Waals surface area contributed by atoms with E-state index in [1.54, 1.807) is 74.4 Å². The Morgan fingerprint density at radius 3 is 1.81 bits per heavy atom. The number of ether oxygens (including phenoxy) is 4. The van der Waals surface area contributed by atoms with Crippen LogP contribution in [0.3, 0.4) is 0 Å². The summed E-state index contributed by atoms with van der Waals surface area (Å²) in [6.45, 7) is 16.7. The number of benzene rings is 1. The quantitative estimate of drug-likeness (QED) is 0.290. The largest absolute Gasteiger partial charge is 0.458 e. The topological polar surface area (TPSA) is 150 Å². The Kier molecular flexibility index (Phi) is 11.6. The zero-order valence-corrected chi connectivity index (χ0v) is 26.9. The zero-order chi connectivity index (χ0) is 32.8. The molecule has 2 rings (SSSR count). The average molecular weight is 606 g/mol. The molecule has 1 aromatic carbocycles. The molecule has 0 aromatic heterocycles. The third-order valence-corrected chi connectivity index (χ3v) is 5.88. The molecular weight excluding hydrogens is 558 g/mol. The Morgan fingerprint density at radius 1 is 0.814 bits per heavy atom. The van der Waals surface area contributed by atoms with Crippen LogP contribution in [0.4, 0.5) is 14.4 Å². The average Bonchev–Trinajstić information content (AvgIpc) is 3.57. The first kappa shape index (κ1) is 35.4. The highest BCUT2D eigenvalue weighted by Crippen LogP contribution is 2.41. The first-order valence-corrected chi connectivity index (χ1v) is 14.4. The van der Waals surface area contributed by atoms with Crippen molar-refractivity contribution in [2.45, 2.75) is 124 Å². The lowest BCUT2D eigenvalue weighted by Gasteiger charge is -2.29. The molecule has 0 radical (unpaired) electrons. The van der Waals surface area contributed by atoms with Gasteiger partial charge in [0.2, 0.25) is 5.91 Å². The van der Waals surface area contributed by atoms with E-state index < -0.39 is 65.1 Å². The predicted molar refractivity (Wildman–Crippen MR) is 158 cm³/mol. The van der Waals surface area contributed by atoms with Crippen LogP contribution in [0.25, 0.3) is 0 Å². The number of hydrogen-bond donors (Lipinski definition) is 2. The lowest BCUT2D eigenvalue weighted by atomic mass is 10.1. The standard InChI is InChI=1S/C31H47N3O9/c1-19(32-26(37)40-18-20-14-12-11-13-15-20)24(35)33-22(25(36)41-29(2,3)4)16-21-17-23(21)34(27(38)42-30(5,6)7)28(39)43-31(8,9)10/h11-15,19,21-23H,16-18H2,1-10H3,(H,32,37)(H,33,35)/t19-,21+,22+,23+/m1/s1. The predicted octanol–water partition coefficient (Wildman–Crippen LogP) is 5.08. The highest BCUT2D eigenvalue weighted by atomic mass is 16.6. The summed E-state index contributed by atoms with van der Waals surface area (Å²) in [6, 6.07) is 6.29. The van der Waals surface area contributed by atoms with Crippen molar-refractivity contribution in [3.8, 4) is 0 Å². The summed E-state index contributed by atoms with van der Waals surface area (Å²) in [5.41, 5.74) is -1.78. The third-order valence-electron chi connectivity index (χ3n) is 5.88. The molecule has 1 saturated carbocycles. The van der Waals surface area contributed by atoms with E-state index in [0.29, 0.717) is 6.42 Å². The number of rotatable bonds is 9. The van der Waals surface area contributed by atoms with Crippen LogP contribution in [0.5, 0.6) is 0 Å². The maximum absolute atomic E-state index is 13.1. The molecule has 1 aromatic rings. The molecule has 1 fully saturated rings. The molecule has 0 spiro atoms. The summed E-state index contributed by atoms with van der Waals surface area (Å²) >= 11 is 0. The fourth-order valence-corrected chi connectivity index (χ4v) is 3.96. The molecule has 2 N–H and O–H groups in total. The van der Waals surface area contributed by atoms with E-state index in [0.717, 1.165) is 10.5 Å². The summed E-state index contributed by atoms with van der Waals surface area (Å²) in [4.78, 5) is 65.4. The van der Waals surface area contributed by atoms with Gasteiger partial charge in [0.25, 0.3) is 0 Å². The van der Waals surface area contributed by atoms with Gasteiger partial charge in [0, 0.05) is 6.04 Å². The lowest BCUT2D eigenvalue weighted by Crippen LogP contribution is -2.52. The molecule has 43 heavy (non-hydrogen) atoms. The van der Waals surface area contributed by atoms with Crippen LogP contribution in [0.15, 0.2) is 30.3 Å². The molecule has 12 nitrogen and oxygen atoms in total. The first-order chi connectivity index (χ1) is 19.6. The third kappa shape index (κ3) is 12.9. The highest BCUT2D eigenvalue weighted by Gasteiger charge is 2.51. The number of hydrogen-bond acceptors (Lipinski definition) is 9. The second-order valence-corrected chi connectivity index (χ2v) is 13.7. The molecule has 0 bridgehead atoms. The Balaban J connectivity index is 2.12. The smallest absolute Gasteiger partial charge is 0.420 e. The van der Waals surface area contributed by atoms with Crippen molar-refractivity contribution in [3.63, 3.8) is 0 Å². The van der Waals surface area contributed by atoms with Gasteiger partial charge in [-0.1, -0.05) is 30.3 Å². The van der Waals surface area contributed by atoms with Gasteiger partial charge >= 0.3 is 24.2 Å². The normalized spacial score (nSPS) is 17.9. The van der Waals surface area contributed by atoms with Crippen LogP contribution in [0, 0.1) is 5.92 Å². The first-order valence-electron chi connectivity index (χ1n) is 14.4. The Labute approximate surface area is 254 Å². The number of carbonyl (C=O) groups excluding carboxylic acids is 5. The molecule has 1 aliphatic carbocycles. The second kappa shape index (κ2) is 14.1. The number of nitrogens with one attached hydrogen (secondary N) is 2. The minimum absolute atomic E-state index is 0.0242. The van der Waals surface area contributed by atoms with Crippen molar-refractivity contribution in [2.75, 3.05) is 0 Å². The van der Waals surface area contributed by atoms with E-state index in [-0.39, 0.29) is 18.9 Å². The van der Waals surface area contributed by atoms with Gasteiger partial charge in [0.15, 0.2) is 0 Å². The van der Waals surface area contributed by atoms with E-state index >= 15 is 0 Å². The van der Waals surface area contributed by atoms with Crippen molar-refractivity contribution in [1.82, 2.24) is 15.5 Å². The summed E-state index contributed by atoms with van der Waals surface area (Å²) in [5.74, 6) is -1.68. The molecule has 1 aliphatic rings. The second-order valence-electron chi connectivity index (χ2n) is 13.7. The molecule has 12 heteroatoms. The molecular formula is C31H47N3O9. The summed E-state index contributed by atoms with van der Waals surface area (Å²) in [5, 5.41) is 5.11. The minimum atomic E-state index is -1.12. The van der Waals surface area contributed by atoms with Crippen LogP contribution in [-0.2, 0) is 35.1 Å². The summed E-state index contributed by atoms with van der Waals surface area (Å²) in [7, 11) is 0. The summed E-state index contributed by atoms with van der Waals surface area (Å²) in [6.07, 6.45) is -2.09. The van der Waals surface area contributed by atoms with Crippen LogP contribution < -0.4 is 10.6 Å². The molecule has 0 aliphatic heterocycles. The summed E-state index contributed by atoms with van der Waals surface area (Å²) < 4.78 is 21.6. The number of alkyl carbamates (subject to hydrolysis) is 1. The van der Waals surface area contributed by atoms with Gasteiger partial charge < -0.3 is 29.6 Å². The number of carbonyl (C=O) groups is 5. The number of nitrogens with zero attached hydrogens (tertiary/aromatic N) is 1. The van der Waals surface area contributed by atoms with Gasteiger partial charge in [-0.25, -0.2) is 24.1 Å². The van der Waals surface area contributed by atoms with Gasteiger partial charge in [-0.05, 0) is 93.6 Å². The van der Waals surface area contributed by atoms with E-state index in [2.05, 4.69) is 10.6 Å². The van der Waals surface area contributed by atoms with Gasteiger partial charge in [0.05, 0.1) is 0 Å². The monoisotopic (exact) mass is 605 g/mol. The molecule has 240 valence electrons. The van der Waals surface area contributed by atoms with Crippen LogP contribution in [0.1, 0.15) is 87.6 Å². The minimum Gasteiger partial charge on any atom is -0.458 e. The van der Waals surface area contributed by atoms with Crippen molar-refractivity contribution in [3.05, 3.63) is 35.9 Å². The van der Waals surface area contributed by atoms with Gasteiger partial charge in [-0.15, -0.1) is 0 Å². The molecule has 0 saturated heterocycles. The molecule has 0 heterocycles. The van der Waals surface area contributed by atoms with Crippen molar-refractivity contribution in [2.24, 2.45) is 5.92 Å². The van der Waals surface area contributed by atoms with Gasteiger partial charge in [-0.2, -0.15) is 0 Å².